The van der Waals surface area contributed by atoms with Gasteiger partial charge in [-0.15, -0.1) is 0 Å². The van der Waals surface area contributed by atoms with E-state index in [0.717, 1.165) is 27.6 Å². The fraction of sp³-hybridized carbons (Fsp3) is 0. The summed E-state index contributed by atoms with van der Waals surface area (Å²) >= 11 is 0. The number of para-hydroxylation sites is 4. The quantitative estimate of drug-likeness (QED) is 0.264. The Morgan fingerprint density at radius 1 is 0.500 bits per heavy atom. The van der Waals surface area contributed by atoms with Crippen LogP contribution in [0.2, 0.25) is 0 Å². The maximum absolute atomic E-state index is 4.97. The van der Waals surface area contributed by atoms with Gasteiger partial charge in [0.05, 0.1) is 27.6 Å². The second kappa shape index (κ2) is 7.27. The van der Waals surface area contributed by atoms with E-state index >= 15 is 0 Å². The highest BCUT2D eigenvalue weighted by Gasteiger charge is 2.21. The molecule has 0 atom stereocenters. The molecule has 8 rings (SSSR count). The van der Waals surface area contributed by atoms with Gasteiger partial charge in [-0.25, -0.2) is 9.97 Å². The smallest absolute Gasteiger partial charge is 0.235 e. The SMILES string of the molecule is c1ccc(-n2c3ccccc3c3ccc4c(c5ccccc5n4-c4ncc5ccccc5n4)c32)cc1. The maximum Gasteiger partial charge on any atom is 0.235 e. The first-order chi connectivity index (χ1) is 17.9. The summed E-state index contributed by atoms with van der Waals surface area (Å²) in [4.78, 5) is 9.76. The van der Waals surface area contributed by atoms with E-state index in [4.69, 9.17) is 9.97 Å². The van der Waals surface area contributed by atoms with Gasteiger partial charge in [-0.3, -0.25) is 4.57 Å². The zero-order chi connectivity index (χ0) is 23.6. The van der Waals surface area contributed by atoms with Gasteiger partial charge >= 0.3 is 0 Å². The van der Waals surface area contributed by atoms with E-state index in [0.29, 0.717) is 5.95 Å². The van der Waals surface area contributed by atoms with Crippen LogP contribution in [-0.2, 0) is 0 Å². The van der Waals surface area contributed by atoms with E-state index in [9.17, 15) is 0 Å². The number of hydrogen-bond acceptors (Lipinski definition) is 2. The molecule has 0 spiro atoms. The molecule has 0 saturated heterocycles. The van der Waals surface area contributed by atoms with Crippen LogP contribution in [0.1, 0.15) is 0 Å². The molecule has 0 saturated carbocycles. The Morgan fingerprint density at radius 2 is 1.19 bits per heavy atom. The van der Waals surface area contributed by atoms with Crippen molar-refractivity contribution in [3.8, 4) is 11.6 Å². The van der Waals surface area contributed by atoms with Crippen LogP contribution < -0.4 is 0 Å². The monoisotopic (exact) mass is 460 g/mol. The lowest BCUT2D eigenvalue weighted by molar-refractivity contribution is 1.01. The first-order valence-electron chi connectivity index (χ1n) is 12.1. The Hall–Kier alpha value is -4.96. The lowest BCUT2D eigenvalue weighted by Crippen LogP contribution is -2.01. The molecule has 0 amide bonds. The summed E-state index contributed by atoms with van der Waals surface area (Å²) in [6.45, 7) is 0. The average molecular weight is 461 g/mol. The van der Waals surface area contributed by atoms with Gasteiger partial charge in [0.15, 0.2) is 0 Å². The number of nitrogens with zero attached hydrogens (tertiary/aromatic N) is 4. The lowest BCUT2D eigenvalue weighted by Gasteiger charge is -2.09. The molecule has 0 aliphatic carbocycles. The molecule has 3 heterocycles. The van der Waals surface area contributed by atoms with Gasteiger partial charge in [-0.2, -0.15) is 0 Å². The van der Waals surface area contributed by atoms with Crippen LogP contribution in [0, 0.1) is 0 Å². The molecule has 0 unspecified atom stereocenters. The van der Waals surface area contributed by atoms with E-state index in [-0.39, 0.29) is 0 Å². The molecule has 4 nitrogen and oxygen atoms in total. The van der Waals surface area contributed by atoms with Gasteiger partial charge in [-0.05, 0) is 36.4 Å². The van der Waals surface area contributed by atoms with Crippen LogP contribution in [0.3, 0.4) is 0 Å². The van der Waals surface area contributed by atoms with Gasteiger partial charge in [0, 0.05) is 38.8 Å². The van der Waals surface area contributed by atoms with E-state index in [1.54, 1.807) is 0 Å². The number of benzene rings is 5. The highest BCUT2D eigenvalue weighted by atomic mass is 15.2. The predicted octanol–water partition coefficient (Wildman–Crippen LogP) is 7.82. The van der Waals surface area contributed by atoms with E-state index in [1.807, 2.05) is 30.5 Å². The van der Waals surface area contributed by atoms with Gasteiger partial charge in [0.1, 0.15) is 0 Å². The summed E-state index contributed by atoms with van der Waals surface area (Å²) in [5, 5.41) is 5.92. The molecule has 5 aromatic carbocycles. The summed E-state index contributed by atoms with van der Waals surface area (Å²) in [5.74, 6) is 0.682. The highest BCUT2D eigenvalue weighted by Crippen LogP contribution is 2.41. The Balaban J connectivity index is 1.59. The van der Waals surface area contributed by atoms with Crippen LogP contribution in [0.5, 0.6) is 0 Å². The average Bonchev–Trinajstić information content (AvgIpc) is 3.46. The number of rotatable bonds is 2. The third-order valence-corrected chi connectivity index (χ3v) is 7.16. The molecule has 0 bridgehead atoms. The van der Waals surface area contributed by atoms with Crippen molar-refractivity contribution in [3.05, 3.63) is 121 Å². The number of aromatic nitrogens is 4. The van der Waals surface area contributed by atoms with Crippen LogP contribution in [0.4, 0.5) is 0 Å². The summed E-state index contributed by atoms with van der Waals surface area (Å²) in [6.07, 6.45) is 1.91. The van der Waals surface area contributed by atoms with E-state index < -0.39 is 0 Å². The van der Waals surface area contributed by atoms with Crippen molar-refractivity contribution in [1.82, 2.24) is 19.1 Å². The lowest BCUT2D eigenvalue weighted by atomic mass is 10.1. The first kappa shape index (κ1) is 19.4. The van der Waals surface area contributed by atoms with Crippen LogP contribution in [0.15, 0.2) is 121 Å². The molecule has 0 radical (unpaired) electrons. The number of fused-ring (bicyclic) bond motifs is 8. The molecule has 0 aliphatic rings. The van der Waals surface area contributed by atoms with Crippen molar-refractivity contribution in [1.29, 1.82) is 0 Å². The predicted molar refractivity (Wildman–Crippen MR) is 148 cm³/mol. The minimum Gasteiger partial charge on any atom is -0.309 e. The zero-order valence-electron chi connectivity index (χ0n) is 19.3. The molecule has 0 aliphatic heterocycles. The Kier molecular flexibility index (Phi) is 3.91. The minimum atomic E-state index is 0.682. The normalized spacial score (nSPS) is 11.9. The molecule has 4 heteroatoms. The summed E-state index contributed by atoms with van der Waals surface area (Å²) in [5.41, 5.74) is 6.68. The molecule has 0 N–H and O–H groups in total. The molecule has 168 valence electrons. The standard InChI is InChI=1S/C32H20N4/c1-2-11-22(12-3-1)35-27-16-8-5-13-23(27)24-18-19-29-30(31(24)35)25-14-6-9-17-28(25)36(29)32-33-20-21-10-4-7-15-26(21)34-32/h1-20H. The molecular weight excluding hydrogens is 440 g/mol. The topological polar surface area (TPSA) is 35.6 Å². The van der Waals surface area contributed by atoms with E-state index in [2.05, 4.69) is 100 Å². The van der Waals surface area contributed by atoms with Crippen LogP contribution >= 0.6 is 0 Å². The van der Waals surface area contributed by atoms with Crippen molar-refractivity contribution >= 4 is 54.5 Å². The highest BCUT2D eigenvalue weighted by molar-refractivity contribution is 6.26. The third kappa shape index (κ3) is 2.58. The fourth-order valence-electron chi connectivity index (χ4n) is 5.64. The van der Waals surface area contributed by atoms with E-state index in [1.165, 1.54) is 32.6 Å². The molecular formula is C32H20N4. The summed E-state index contributed by atoms with van der Waals surface area (Å²) in [7, 11) is 0. The molecule has 36 heavy (non-hydrogen) atoms. The Labute approximate surface area is 206 Å². The van der Waals surface area contributed by atoms with Gasteiger partial charge in [0.2, 0.25) is 5.95 Å². The van der Waals surface area contributed by atoms with Crippen LogP contribution in [0.25, 0.3) is 66.2 Å². The zero-order valence-corrected chi connectivity index (χ0v) is 19.3. The van der Waals surface area contributed by atoms with Gasteiger partial charge in [-0.1, -0.05) is 78.9 Å². The molecule has 3 aromatic heterocycles. The van der Waals surface area contributed by atoms with Gasteiger partial charge < -0.3 is 4.57 Å². The Morgan fingerprint density at radius 3 is 2.06 bits per heavy atom. The first-order valence-corrected chi connectivity index (χ1v) is 12.1. The third-order valence-electron chi connectivity index (χ3n) is 7.16. The second-order valence-electron chi connectivity index (χ2n) is 9.13. The summed E-state index contributed by atoms with van der Waals surface area (Å²) in [6, 6.07) is 40.4. The van der Waals surface area contributed by atoms with Crippen molar-refractivity contribution in [2.24, 2.45) is 0 Å². The van der Waals surface area contributed by atoms with Crippen molar-refractivity contribution in [3.63, 3.8) is 0 Å². The fourth-order valence-corrected chi connectivity index (χ4v) is 5.64. The second-order valence-corrected chi connectivity index (χ2v) is 9.13. The minimum absolute atomic E-state index is 0.682. The molecule has 8 aromatic rings. The van der Waals surface area contributed by atoms with Crippen molar-refractivity contribution in [2.75, 3.05) is 0 Å². The largest absolute Gasteiger partial charge is 0.309 e. The molecule has 0 fully saturated rings. The van der Waals surface area contributed by atoms with Crippen molar-refractivity contribution in [2.45, 2.75) is 0 Å². The van der Waals surface area contributed by atoms with Gasteiger partial charge in [0.25, 0.3) is 0 Å². The van der Waals surface area contributed by atoms with Crippen LogP contribution in [-0.4, -0.2) is 19.1 Å². The Bertz CT molecular complexity index is 2100. The number of hydrogen-bond donors (Lipinski definition) is 0. The maximum atomic E-state index is 4.97. The summed E-state index contributed by atoms with van der Waals surface area (Å²) < 4.78 is 4.59. The van der Waals surface area contributed by atoms with Crippen molar-refractivity contribution < 1.29 is 0 Å².